The molecule has 0 bridgehead atoms. The number of nitrogens with zero attached hydrogens (tertiary/aromatic N) is 1. The first kappa shape index (κ1) is 9.25. The van der Waals surface area contributed by atoms with Gasteiger partial charge in [0, 0.05) is 0 Å². The Kier molecular flexibility index (Phi) is 2.86. The van der Waals surface area contributed by atoms with Crippen LogP contribution in [0.15, 0.2) is 0 Å². The van der Waals surface area contributed by atoms with Crippen molar-refractivity contribution in [1.29, 1.82) is 0 Å². The molecule has 0 saturated carbocycles. The zero-order chi connectivity index (χ0) is 9.14. The molecule has 0 spiro atoms. The Morgan fingerprint density at radius 3 is 2.83 bits per heavy atom. The molecule has 0 atom stereocenters. The van der Waals surface area contributed by atoms with Crippen LogP contribution in [0, 0.1) is 0 Å². The standard InChI is InChI=1S/C7H10BNO2S/c1-3-4-9-5(6(8)12-4)7(10)11-2/h3,8H2,1-2H3. The smallest absolute Gasteiger partial charge is 0.356 e. The van der Waals surface area contributed by atoms with Crippen LogP contribution in [0.4, 0.5) is 0 Å². The highest BCUT2D eigenvalue weighted by molar-refractivity contribution is 7.20. The Hall–Kier alpha value is -0.835. The number of aryl methyl sites for hydroxylation is 1. The molecule has 0 aromatic carbocycles. The summed E-state index contributed by atoms with van der Waals surface area (Å²) in [6.07, 6.45) is 0.864. The van der Waals surface area contributed by atoms with Crippen LogP contribution in [0.3, 0.4) is 0 Å². The summed E-state index contributed by atoms with van der Waals surface area (Å²) in [6.45, 7) is 2.01. The van der Waals surface area contributed by atoms with Gasteiger partial charge in [-0.2, -0.15) is 0 Å². The number of methoxy groups -OCH3 is 1. The number of ether oxygens (including phenoxy) is 1. The highest BCUT2D eigenvalue weighted by Gasteiger charge is 2.13. The molecule has 0 amide bonds. The van der Waals surface area contributed by atoms with Gasteiger partial charge in [-0.15, -0.1) is 11.3 Å². The topological polar surface area (TPSA) is 39.2 Å². The van der Waals surface area contributed by atoms with Gasteiger partial charge in [0.25, 0.3) is 0 Å². The van der Waals surface area contributed by atoms with Gasteiger partial charge in [0.2, 0.25) is 0 Å². The van der Waals surface area contributed by atoms with Gasteiger partial charge in [-0.3, -0.25) is 0 Å². The second kappa shape index (κ2) is 3.71. The number of rotatable bonds is 2. The molecular weight excluding hydrogens is 173 g/mol. The van der Waals surface area contributed by atoms with Gasteiger partial charge < -0.3 is 4.74 Å². The average Bonchev–Trinajstić information content (AvgIpc) is 2.45. The van der Waals surface area contributed by atoms with Crippen molar-refractivity contribution in [3.63, 3.8) is 0 Å². The SMILES string of the molecule is Bc1sc(CC)nc1C(=O)OC. The maximum absolute atomic E-state index is 11.1. The van der Waals surface area contributed by atoms with Crippen molar-refractivity contribution in [3.8, 4) is 0 Å². The Labute approximate surface area is 76.2 Å². The van der Waals surface area contributed by atoms with E-state index in [4.69, 9.17) is 0 Å². The maximum atomic E-state index is 11.1. The minimum atomic E-state index is -0.344. The quantitative estimate of drug-likeness (QED) is 0.468. The molecule has 0 fully saturated rings. The lowest BCUT2D eigenvalue weighted by molar-refractivity contribution is 0.0596. The Balaban J connectivity index is 2.99. The third kappa shape index (κ3) is 1.66. The summed E-state index contributed by atoms with van der Waals surface area (Å²) in [6, 6.07) is 0. The summed E-state index contributed by atoms with van der Waals surface area (Å²) in [7, 11) is 3.25. The highest BCUT2D eigenvalue weighted by atomic mass is 32.1. The number of esters is 1. The molecular formula is C7H10BNO2S. The van der Waals surface area contributed by atoms with Gasteiger partial charge >= 0.3 is 5.97 Å². The van der Waals surface area contributed by atoms with E-state index in [1.807, 2.05) is 14.8 Å². The molecule has 1 aromatic rings. The summed E-state index contributed by atoms with van der Waals surface area (Å²) in [4.78, 5) is 15.2. The normalized spacial score (nSPS) is 9.83. The zero-order valence-electron chi connectivity index (χ0n) is 7.38. The first-order chi connectivity index (χ1) is 5.69. The fraction of sp³-hybridized carbons (Fsp3) is 0.429. The minimum absolute atomic E-state index is 0.344. The molecule has 3 nitrogen and oxygen atoms in total. The first-order valence-corrected chi connectivity index (χ1v) is 4.55. The summed E-state index contributed by atoms with van der Waals surface area (Å²) in [5, 5.41) is 0.980. The summed E-state index contributed by atoms with van der Waals surface area (Å²) in [5.41, 5.74) is 0.458. The molecule has 0 aliphatic rings. The van der Waals surface area contributed by atoms with E-state index in [0.29, 0.717) is 5.69 Å². The molecule has 12 heavy (non-hydrogen) atoms. The van der Waals surface area contributed by atoms with Crippen LogP contribution in [0.2, 0.25) is 0 Å². The number of hydrogen-bond acceptors (Lipinski definition) is 4. The van der Waals surface area contributed by atoms with E-state index in [1.165, 1.54) is 7.11 Å². The lowest BCUT2D eigenvalue weighted by atomic mass is 10.1. The van der Waals surface area contributed by atoms with E-state index in [0.717, 1.165) is 16.2 Å². The lowest BCUT2D eigenvalue weighted by Crippen LogP contribution is -2.13. The molecule has 1 rings (SSSR count). The van der Waals surface area contributed by atoms with E-state index >= 15 is 0 Å². The van der Waals surface area contributed by atoms with Crippen LogP contribution >= 0.6 is 11.3 Å². The Bertz CT molecular complexity index is 298. The fourth-order valence-electron chi connectivity index (χ4n) is 0.889. The van der Waals surface area contributed by atoms with Crippen molar-refractivity contribution in [3.05, 3.63) is 10.7 Å². The predicted molar refractivity (Wildman–Crippen MR) is 51.0 cm³/mol. The summed E-state index contributed by atoms with van der Waals surface area (Å²) < 4.78 is 5.51. The minimum Gasteiger partial charge on any atom is -0.464 e. The van der Waals surface area contributed by atoms with Crippen LogP contribution in [0.1, 0.15) is 22.4 Å². The predicted octanol–water partition coefficient (Wildman–Crippen LogP) is -0.250. The molecule has 1 aromatic heterocycles. The van der Waals surface area contributed by atoms with E-state index in [1.54, 1.807) is 11.3 Å². The zero-order valence-corrected chi connectivity index (χ0v) is 8.20. The molecule has 0 N–H and O–H groups in total. The van der Waals surface area contributed by atoms with E-state index in [-0.39, 0.29) is 5.97 Å². The lowest BCUT2D eigenvalue weighted by Gasteiger charge is -1.93. The fourth-order valence-corrected chi connectivity index (χ4v) is 1.75. The second-order valence-corrected chi connectivity index (χ2v) is 3.65. The van der Waals surface area contributed by atoms with Gasteiger partial charge in [0.05, 0.1) is 12.1 Å². The van der Waals surface area contributed by atoms with Crippen molar-refractivity contribution in [2.75, 3.05) is 7.11 Å². The van der Waals surface area contributed by atoms with Gasteiger partial charge in [-0.1, -0.05) is 6.92 Å². The number of hydrogen-bond donors (Lipinski definition) is 0. The monoisotopic (exact) mass is 183 g/mol. The molecule has 5 heteroatoms. The molecule has 1 heterocycles. The molecule has 0 aliphatic carbocycles. The third-order valence-electron chi connectivity index (χ3n) is 1.52. The highest BCUT2D eigenvalue weighted by Crippen LogP contribution is 2.07. The molecule has 0 aliphatic heterocycles. The second-order valence-electron chi connectivity index (χ2n) is 2.36. The maximum Gasteiger partial charge on any atom is 0.356 e. The van der Waals surface area contributed by atoms with Crippen LogP contribution in [0.5, 0.6) is 0 Å². The third-order valence-corrected chi connectivity index (χ3v) is 2.64. The Morgan fingerprint density at radius 2 is 2.42 bits per heavy atom. The average molecular weight is 183 g/mol. The number of carbonyl (C=O) groups excluding carboxylic acids is 1. The van der Waals surface area contributed by atoms with Crippen molar-refractivity contribution < 1.29 is 9.53 Å². The van der Waals surface area contributed by atoms with Gasteiger partial charge in [0.15, 0.2) is 13.5 Å². The summed E-state index contributed by atoms with van der Waals surface area (Å²) in [5.74, 6) is -0.344. The number of aromatic nitrogens is 1. The van der Waals surface area contributed by atoms with Gasteiger partial charge in [-0.05, 0) is 11.2 Å². The largest absolute Gasteiger partial charge is 0.464 e. The van der Waals surface area contributed by atoms with Crippen LogP contribution in [0.25, 0.3) is 0 Å². The van der Waals surface area contributed by atoms with Crippen LogP contribution < -0.4 is 4.78 Å². The number of thiazole rings is 1. The van der Waals surface area contributed by atoms with Crippen LogP contribution in [-0.4, -0.2) is 25.9 Å². The van der Waals surface area contributed by atoms with Crippen molar-refractivity contribution >= 4 is 29.9 Å². The van der Waals surface area contributed by atoms with Crippen LogP contribution in [-0.2, 0) is 11.2 Å². The molecule has 0 saturated heterocycles. The van der Waals surface area contributed by atoms with Crippen molar-refractivity contribution in [1.82, 2.24) is 4.98 Å². The summed E-state index contributed by atoms with van der Waals surface area (Å²) >= 11 is 1.55. The van der Waals surface area contributed by atoms with Gasteiger partial charge in [-0.25, -0.2) is 9.78 Å². The van der Waals surface area contributed by atoms with Crippen molar-refractivity contribution in [2.45, 2.75) is 13.3 Å². The van der Waals surface area contributed by atoms with E-state index in [9.17, 15) is 4.79 Å². The molecule has 0 unspecified atom stereocenters. The Morgan fingerprint density at radius 1 is 1.75 bits per heavy atom. The number of carbonyl (C=O) groups is 1. The molecule has 0 radical (unpaired) electrons. The first-order valence-electron chi connectivity index (χ1n) is 3.73. The van der Waals surface area contributed by atoms with Crippen molar-refractivity contribution in [2.24, 2.45) is 0 Å². The van der Waals surface area contributed by atoms with E-state index < -0.39 is 0 Å². The van der Waals surface area contributed by atoms with Gasteiger partial charge in [0.1, 0.15) is 0 Å². The van der Waals surface area contributed by atoms with E-state index in [2.05, 4.69) is 9.72 Å². The molecule has 64 valence electrons.